The zero-order chi connectivity index (χ0) is 20.3. The van der Waals surface area contributed by atoms with Gasteiger partial charge in [0.05, 0.1) is 15.6 Å². The van der Waals surface area contributed by atoms with Crippen molar-refractivity contribution in [2.45, 2.75) is 24.8 Å². The lowest BCUT2D eigenvalue weighted by molar-refractivity contribution is 0.0932. The maximum atomic E-state index is 12.6. The Bertz CT molecular complexity index is 1110. The molecule has 0 fully saturated rings. The van der Waals surface area contributed by atoms with Crippen molar-refractivity contribution < 1.29 is 17.7 Å². The molecule has 8 nitrogen and oxygen atoms in total. The normalized spacial score (nSPS) is 12.4. The molecular formula is C18H17ClN4O4S. The van der Waals surface area contributed by atoms with Crippen LogP contribution in [0.5, 0.6) is 0 Å². The van der Waals surface area contributed by atoms with Crippen LogP contribution >= 0.6 is 11.6 Å². The lowest BCUT2D eigenvalue weighted by Gasteiger charge is -2.12. The second-order valence-electron chi connectivity index (χ2n) is 5.99. The summed E-state index contributed by atoms with van der Waals surface area (Å²) < 4.78 is 32.7. The van der Waals surface area contributed by atoms with Crippen LogP contribution in [0.2, 0.25) is 5.02 Å². The Morgan fingerprint density at radius 2 is 1.93 bits per heavy atom. The Kier molecular flexibility index (Phi) is 5.66. The van der Waals surface area contributed by atoms with Crippen molar-refractivity contribution in [1.82, 2.24) is 15.5 Å². The molecule has 146 valence electrons. The first-order valence-electron chi connectivity index (χ1n) is 8.25. The van der Waals surface area contributed by atoms with Gasteiger partial charge in [-0.3, -0.25) is 9.52 Å². The third kappa shape index (κ3) is 4.49. The van der Waals surface area contributed by atoms with E-state index in [1.165, 1.54) is 24.3 Å². The topological polar surface area (TPSA) is 114 Å². The molecular weight excluding hydrogens is 404 g/mol. The number of hydrogen-bond acceptors (Lipinski definition) is 6. The molecule has 10 heteroatoms. The summed E-state index contributed by atoms with van der Waals surface area (Å²) in [6.07, 6.45) is 0. The van der Waals surface area contributed by atoms with Gasteiger partial charge in [0.15, 0.2) is 5.82 Å². The maximum absolute atomic E-state index is 12.6. The number of nitrogens with zero attached hydrogens (tertiary/aromatic N) is 2. The van der Waals surface area contributed by atoms with Gasteiger partial charge in [0.2, 0.25) is 5.89 Å². The molecule has 0 aliphatic carbocycles. The number of amides is 1. The summed E-state index contributed by atoms with van der Waals surface area (Å²) in [7, 11) is -3.92. The van der Waals surface area contributed by atoms with Gasteiger partial charge in [0.25, 0.3) is 15.9 Å². The Morgan fingerprint density at radius 3 is 2.61 bits per heavy atom. The highest BCUT2D eigenvalue weighted by molar-refractivity contribution is 7.92. The van der Waals surface area contributed by atoms with Gasteiger partial charge in [0, 0.05) is 5.56 Å². The molecule has 0 aliphatic heterocycles. The standard InChI is InChI=1S/C18H17ClN4O4S/c1-11(18-21-12(2)22-27-18)20-17(24)13-6-5-7-14(10-13)28(25,26)23-16-9-4-3-8-15(16)19/h3-11,23H,1-2H3,(H,20,24). The van der Waals surface area contributed by atoms with Crippen molar-refractivity contribution in [3.63, 3.8) is 0 Å². The fourth-order valence-electron chi connectivity index (χ4n) is 2.38. The molecule has 3 rings (SSSR count). The van der Waals surface area contributed by atoms with Gasteiger partial charge in [-0.05, 0) is 44.2 Å². The number of rotatable bonds is 6. The molecule has 3 aromatic rings. The van der Waals surface area contributed by atoms with Gasteiger partial charge in [0.1, 0.15) is 6.04 Å². The molecule has 0 bridgehead atoms. The van der Waals surface area contributed by atoms with E-state index >= 15 is 0 Å². The monoisotopic (exact) mass is 420 g/mol. The minimum Gasteiger partial charge on any atom is -0.341 e. The number of halogens is 1. The van der Waals surface area contributed by atoms with Crippen molar-refractivity contribution in [3.8, 4) is 0 Å². The van der Waals surface area contributed by atoms with E-state index in [4.69, 9.17) is 16.1 Å². The molecule has 0 aliphatic rings. The Hall–Kier alpha value is -2.91. The Balaban J connectivity index is 1.79. The molecule has 0 saturated heterocycles. The van der Waals surface area contributed by atoms with Crippen molar-refractivity contribution in [3.05, 3.63) is 70.8 Å². The summed E-state index contributed by atoms with van der Waals surface area (Å²) in [5, 5.41) is 6.63. The largest absolute Gasteiger partial charge is 0.341 e. The van der Waals surface area contributed by atoms with Gasteiger partial charge in [-0.25, -0.2) is 8.42 Å². The number of hydrogen-bond donors (Lipinski definition) is 2. The van der Waals surface area contributed by atoms with E-state index in [0.717, 1.165) is 0 Å². The Labute approximate surface area is 167 Å². The summed E-state index contributed by atoms with van der Waals surface area (Å²) >= 11 is 6.01. The Morgan fingerprint density at radius 1 is 1.18 bits per heavy atom. The zero-order valence-corrected chi connectivity index (χ0v) is 16.6. The maximum Gasteiger partial charge on any atom is 0.261 e. The van der Waals surface area contributed by atoms with Gasteiger partial charge in [-0.1, -0.05) is 35.0 Å². The second-order valence-corrected chi connectivity index (χ2v) is 8.08. The van der Waals surface area contributed by atoms with Gasteiger partial charge in [-0.15, -0.1) is 0 Å². The summed E-state index contributed by atoms with van der Waals surface area (Å²) in [6, 6.07) is 11.6. The molecule has 2 N–H and O–H groups in total. The first-order valence-corrected chi connectivity index (χ1v) is 10.1. The highest BCUT2D eigenvalue weighted by atomic mass is 35.5. The third-order valence-corrected chi connectivity index (χ3v) is 5.48. The van der Waals surface area contributed by atoms with E-state index in [-0.39, 0.29) is 27.1 Å². The molecule has 2 aromatic carbocycles. The van der Waals surface area contributed by atoms with E-state index in [9.17, 15) is 13.2 Å². The molecule has 1 amide bonds. The highest BCUT2D eigenvalue weighted by Gasteiger charge is 2.20. The van der Waals surface area contributed by atoms with Crippen LogP contribution in [-0.2, 0) is 10.0 Å². The summed E-state index contributed by atoms with van der Waals surface area (Å²) in [4.78, 5) is 16.5. The van der Waals surface area contributed by atoms with Gasteiger partial charge >= 0.3 is 0 Å². The SMILES string of the molecule is Cc1noc(C(C)NC(=O)c2cccc(S(=O)(=O)Nc3ccccc3Cl)c2)n1. The number of anilines is 1. The molecule has 1 aromatic heterocycles. The van der Waals surface area contributed by atoms with E-state index in [2.05, 4.69) is 20.2 Å². The lowest BCUT2D eigenvalue weighted by Crippen LogP contribution is -2.27. The van der Waals surface area contributed by atoms with Crippen molar-refractivity contribution in [1.29, 1.82) is 0 Å². The number of aryl methyl sites for hydroxylation is 1. The van der Waals surface area contributed by atoms with E-state index < -0.39 is 22.0 Å². The summed E-state index contributed by atoms with van der Waals surface area (Å²) in [6.45, 7) is 3.35. The average Bonchev–Trinajstić information content (AvgIpc) is 3.10. The third-order valence-electron chi connectivity index (χ3n) is 3.79. The van der Waals surface area contributed by atoms with Crippen molar-refractivity contribution in [2.24, 2.45) is 0 Å². The smallest absolute Gasteiger partial charge is 0.261 e. The molecule has 1 unspecified atom stereocenters. The predicted molar refractivity (Wildman–Crippen MR) is 104 cm³/mol. The van der Waals surface area contributed by atoms with Crippen LogP contribution in [0.4, 0.5) is 5.69 Å². The van der Waals surface area contributed by atoms with Gasteiger partial charge < -0.3 is 9.84 Å². The molecule has 28 heavy (non-hydrogen) atoms. The van der Waals surface area contributed by atoms with Gasteiger partial charge in [-0.2, -0.15) is 4.98 Å². The predicted octanol–water partition coefficient (Wildman–Crippen LogP) is 3.32. The van der Waals surface area contributed by atoms with Crippen LogP contribution in [0.15, 0.2) is 57.9 Å². The minimum atomic E-state index is -3.92. The van der Waals surface area contributed by atoms with Crippen LogP contribution in [-0.4, -0.2) is 24.5 Å². The first kappa shape index (κ1) is 19.8. The van der Waals surface area contributed by atoms with Crippen LogP contribution < -0.4 is 10.0 Å². The van der Waals surface area contributed by atoms with E-state index in [1.54, 1.807) is 38.1 Å². The highest BCUT2D eigenvalue weighted by Crippen LogP contribution is 2.24. The van der Waals surface area contributed by atoms with E-state index in [1.807, 2.05) is 0 Å². The number of aromatic nitrogens is 2. The number of nitrogens with one attached hydrogen (secondary N) is 2. The minimum absolute atomic E-state index is 0.0682. The number of carbonyl (C=O) groups excluding carboxylic acids is 1. The number of benzene rings is 2. The van der Waals surface area contributed by atoms with E-state index in [0.29, 0.717) is 5.82 Å². The van der Waals surface area contributed by atoms with Crippen LogP contribution in [0.3, 0.4) is 0 Å². The second kappa shape index (κ2) is 7.99. The quantitative estimate of drug-likeness (QED) is 0.632. The molecule has 0 saturated carbocycles. The number of para-hydroxylation sites is 1. The lowest BCUT2D eigenvalue weighted by atomic mass is 10.2. The van der Waals surface area contributed by atoms with Crippen molar-refractivity contribution >= 4 is 33.2 Å². The molecule has 0 radical (unpaired) electrons. The zero-order valence-electron chi connectivity index (χ0n) is 15.0. The molecule has 1 atom stereocenters. The molecule has 0 spiro atoms. The fraction of sp³-hybridized carbons (Fsp3) is 0.167. The average molecular weight is 421 g/mol. The summed E-state index contributed by atoms with van der Waals surface area (Å²) in [5.41, 5.74) is 0.421. The number of carbonyl (C=O) groups is 1. The first-order chi connectivity index (χ1) is 13.3. The summed E-state index contributed by atoms with van der Waals surface area (Å²) in [5.74, 6) is 0.239. The van der Waals surface area contributed by atoms with Crippen LogP contribution in [0.25, 0.3) is 0 Å². The fourth-order valence-corrected chi connectivity index (χ4v) is 3.75. The number of sulfonamides is 1. The molecule has 1 heterocycles. The van der Waals surface area contributed by atoms with Crippen LogP contribution in [0, 0.1) is 6.92 Å². The van der Waals surface area contributed by atoms with Crippen LogP contribution in [0.1, 0.15) is 35.0 Å². The van der Waals surface area contributed by atoms with Crippen molar-refractivity contribution in [2.75, 3.05) is 4.72 Å².